The summed E-state index contributed by atoms with van der Waals surface area (Å²) in [5.41, 5.74) is 2.59. The van der Waals surface area contributed by atoms with Crippen molar-refractivity contribution in [2.24, 2.45) is 0 Å². The van der Waals surface area contributed by atoms with Crippen molar-refractivity contribution in [3.8, 4) is 0 Å². The lowest BCUT2D eigenvalue weighted by Gasteiger charge is -2.30. The Morgan fingerprint density at radius 3 is 3.00 bits per heavy atom. The lowest BCUT2D eigenvalue weighted by atomic mass is 10.1. The highest BCUT2D eigenvalue weighted by atomic mass is 35.5. The van der Waals surface area contributed by atoms with Gasteiger partial charge in [-0.05, 0) is 50.6 Å². The molecule has 1 atom stereocenters. The van der Waals surface area contributed by atoms with Crippen LogP contribution in [0.25, 0.3) is 0 Å². The van der Waals surface area contributed by atoms with E-state index >= 15 is 0 Å². The molecule has 0 bridgehead atoms. The van der Waals surface area contributed by atoms with Crippen LogP contribution in [-0.2, 0) is 0 Å². The predicted octanol–water partition coefficient (Wildman–Crippen LogP) is 2.84. The number of nitrogens with zero attached hydrogens (tertiary/aromatic N) is 1. The summed E-state index contributed by atoms with van der Waals surface area (Å²) in [6.07, 6.45) is 1.20. The zero-order valence-corrected chi connectivity index (χ0v) is 10.7. The Morgan fingerprint density at radius 1 is 1.44 bits per heavy atom. The molecular weight excluding hydrogens is 220 g/mol. The molecule has 88 valence electrons. The van der Waals surface area contributed by atoms with Gasteiger partial charge in [0.2, 0.25) is 0 Å². The Morgan fingerprint density at radius 2 is 2.25 bits per heavy atom. The number of rotatable bonds is 1. The van der Waals surface area contributed by atoms with Crippen molar-refractivity contribution in [2.45, 2.75) is 26.3 Å². The van der Waals surface area contributed by atoms with Gasteiger partial charge in [0.25, 0.3) is 0 Å². The van der Waals surface area contributed by atoms with Gasteiger partial charge in [-0.3, -0.25) is 0 Å². The van der Waals surface area contributed by atoms with E-state index in [0.717, 1.165) is 24.7 Å². The monoisotopic (exact) mass is 238 g/mol. The van der Waals surface area contributed by atoms with Crippen molar-refractivity contribution in [2.75, 3.05) is 24.5 Å². The van der Waals surface area contributed by atoms with E-state index in [2.05, 4.69) is 30.1 Å². The van der Waals surface area contributed by atoms with E-state index < -0.39 is 0 Å². The molecule has 0 radical (unpaired) electrons. The first-order valence-corrected chi connectivity index (χ1v) is 6.30. The Bertz CT molecular complexity index is 365. The van der Waals surface area contributed by atoms with Gasteiger partial charge in [-0.25, -0.2) is 0 Å². The molecule has 0 aromatic heterocycles. The summed E-state index contributed by atoms with van der Waals surface area (Å²) in [6, 6.07) is 6.71. The van der Waals surface area contributed by atoms with Gasteiger partial charge < -0.3 is 10.2 Å². The maximum atomic E-state index is 5.99. The first-order chi connectivity index (χ1) is 7.68. The molecule has 2 rings (SSSR count). The summed E-state index contributed by atoms with van der Waals surface area (Å²) in [6.45, 7) is 7.70. The highest BCUT2D eigenvalue weighted by Crippen LogP contribution is 2.25. The molecule has 0 amide bonds. The van der Waals surface area contributed by atoms with Crippen molar-refractivity contribution in [1.29, 1.82) is 0 Å². The van der Waals surface area contributed by atoms with Crippen LogP contribution in [-0.4, -0.2) is 25.7 Å². The third kappa shape index (κ3) is 2.50. The predicted molar refractivity (Wildman–Crippen MR) is 70.5 cm³/mol. The van der Waals surface area contributed by atoms with E-state index in [1.54, 1.807) is 0 Å². The number of anilines is 1. The second-order valence-corrected chi connectivity index (χ2v) is 4.97. The largest absolute Gasteiger partial charge is 0.367 e. The van der Waals surface area contributed by atoms with Crippen LogP contribution < -0.4 is 10.2 Å². The maximum absolute atomic E-state index is 5.99. The van der Waals surface area contributed by atoms with Crippen LogP contribution in [0.4, 0.5) is 5.69 Å². The summed E-state index contributed by atoms with van der Waals surface area (Å²) in [5.74, 6) is 0. The van der Waals surface area contributed by atoms with Crippen molar-refractivity contribution >= 4 is 17.3 Å². The molecule has 1 aromatic carbocycles. The van der Waals surface area contributed by atoms with Crippen LogP contribution in [0.3, 0.4) is 0 Å². The molecule has 0 saturated carbocycles. The van der Waals surface area contributed by atoms with Crippen molar-refractivity contribution in [3.05, 3.63) is 28.8 Å². The molecule has 1 fully saturated rings. The molecule has 2 nitrogen and oxygen atoms in total. The van der Waals surface area contributed by atoms with Crippen LogP contribution >= 0.6 is 11.6 Å². The standard InChI is InChI=1S/C13H19ClN2/c1-10-8-12(14)4-5-13(10)16-7-3-6-15-9-11(16)2/h4-5,8,11,15H,3,6-7,9H2,1-2H3. The van der Waals surface area contributed by atoms with E-state index in [0.29, 0.717) is 6.04 Å². The van der Waals surface area contributed by atoms with Crippen LogP contribution in [0.15, 0.2) is 18.2 Å². The van der Waals surface area contributed by atoms with Crippen LogP contribution in [0.5, 0.6) is 0 Å². The van der Waals surface area contributed by atoms with E-state index in [4.69, 9.17) is 11.6 Å². The fourth-order valence-corrected chi connectivity index (χ4v) is 2.54. The van der Waals surface area contributed by atoms with Crippen LogP contribution in [0.1, 0.15) is 18.9 Å². The van der Waals surface area contributed by atoms with Gasteiger partial charge in [-0.2, -0.15) is 0 Å². The summed E-state index contributed by atoms with van der Waals surface area (Å²) in [7, 11) is 0. The van der Waals surface area contributed by atoms with Crippen LogP contribution in [0, 0.1) is 6.92 Å². The number of benzene rings is 1. The Kier molecular flexibility index (Phi) is 3.72. The topological polar surface area (TPSA) is 15.3 Å². The van der Waals surface area contributed by atoms with Crippen LogP contribution in [0.2, 0.25) is 5.02 Å². The van der Waals surface area contributed by atoms with E-state index in [-0.39, 0.29) is 0 Å². The molecular formula is C13H19ClN2. The minimum absolute atomic E-state index is 0.544. The molecule has 1 aliphatic heterocycles. The number of halogens is 1. The number of aryl methyl sites for hydroxylation is 1. The molecule has 1 unspecified atom stereocenters. The summed E-state index contributed by atoms with van der Waals surface area (Å²) >= 11 is 5.99. The fraction of sp³-hybridized carbons (Fsp3) is 0.538. The van der Waals surface area contributed by atoms with E-state index in [9.17, 15) is 0 Å². The molecule has 0 spiro atoms. The number of hydrogen-bond donors (Lipinski definition) is 1. The van der Waals surface area contributed by atoms with Crippen molar-refractivity contribution in [1.82, 2.24) is 5.32 Å². The molecule has 3 heteroatoms. The molecule has 1 saturated heterocycles. The average Bonchev–Trinajstić information content (AvgIpc) is 2.44. The second-order valence-electron chi connectivity index (χ2n) is 4.53. The minimum Gasteiger partial charge on any atom is -0.367 e. The summed E-state index contributed by atoms with van der Waals surface area (Å²) in [4.78, 5) is 2.48. The Labute approximate surface area is 103 Å². The highest BCUT2D eigenvalue weighted by molar-refractivity contribution is 6.30. The molecule has 0 aliphatic carbocycles. The highest BCUT2D eigenvalue weighted by Gasteiger charge is 2.18. The summed E-state index contributed by atoms with van der Waals surface area (Å²) in [5, 5.41) is 4.28. The van der Waals surface area contributed by atoms with Crippen molar-refractivity contribution in [3.63, 3.8) is 0 Å². The van der Waals surface area contributed by atoms with E-state index in [1.165, 1.54) is 17.7 Å². The third-order valence-electron chi connectivity index (χ3n) is 3.19. The molecule has 1 N–H and O–H groups in total. The minimum atomic E-state index is 0.544. The first-order valence-electron chi connectivity index (χ1n) is 5.92. The van der Waals surface area contributed by atoms with Gasteiger partial charge >= 0.3 is 0 Å². The van der Waals surface area contributed by atoms with Gasteiger partial charge in [0.1, 0.15) is 0 Å². The fourth-order valence-electron chi connectivity index (χ4n) is 2.31. The van der Waals surface area contributed by atoms with Gasteiger partial charge in [0, 0.05) is 29.8 Å². The molecule has 1 aromatic rings. The second kappa shape index (κ2) is 5.07. The molecule has 16 heavy (non-hydrogen) atoms. The molecule has 1 heterocycles. The smallest absolute Gasteiger partial charge is 0.0410 e. The van der Waals surface area contributed by atoms with Gasteiger partial charge in [0.05, 0.1) is 0 Å². The number of nitrogens with one attached hydrogen (secondary N) is 1. The lowest BCUT2D eigenvalue weighted by Crippen LogP contribution is -2.37. The quantitative estimate of drug-likeness (QED) is 0.810. The lowest BCUT2D eigenvalue weighted by molar-refractivity contribution is 0.629. The zero-order chi connectivity index (χ0) is 11.5. The van der Waals surface area contributed by atoms with Crippen molar-refractivity contribution < 1.29 is 0 Å². The van der Waals surface area contributed by atoms with E-state index in [1.807, 2.05) is 12.1 Å². The normalized spacial score (nSPS) is 21.9. The molecule has 1 aliphatic rings. The zero-order valence-electron chi connectivity index (χ0n) is 9.96. The van der Waals surface area contributed by atoms with Gasteiger partial charge in [-0.15, -0.1) is 0 Å². The van der Waals surface area contributed by atoms with Gasteiger partial charge in [0.15, 0.2) is 0 Å². The summed E-state index contributed by atoms with van der Waals surface area (Å²) < 4.78 is 0. The average molecular weight is 239 g/mol. The van der Waals surface area contributed by atoms with Gasteiger partial charge in [-0.1, -0.05) is 11.6 Å². The Hall–Kier alpha value is -0.730. The first kappa shape index (κ1) is 11.7. The number of hydrogen-bond acceptors (Lipinski definition) is 2. The third-order valence-corrected chi connectivity index (χ3v) is 3.43. The Balaban J connectivity index is 2.27. The SMILES string of the molecule is Cc1cc(Cl)ccc1N1CCCNCC1C. The maximum Gasteiger partial charge on any atom is 0.0410 e.